The number of ether oxygens (including phenoxy) is 1. The summed E-state index contributed by atoms with van der Waals surface area (Å²) < 4.78 is 51.8. The van der Waals surface area contributed by atoms with E-state index in [2.05, 4.69) is 4.72 Å². The molecule has 2 aromatic rings. The first-order valence-corrected chi connectivity index (χ1v) is 9.48. The van der Waals surface area contributed by atoms with Crippen molar-refractivity contribution >= 4 is 26.8 Å². The average molecular weight is 356 g/mol. The summed E-state index contributed by atoms with van der Waals surface area (Å²) in [6.45, 7) is -0.0221. The van der Waals surface area contributed by atoms with Crippen LogP contribution in [0.4, 0.5) is 5.69 Å². The molecule has 0 radical (unpaired) electrons. The Kier molecular flexibility index (Phi) is 5.37. The Morgan fingerprint density at radius 1 is 1.26 bits per heavy atom. The van der Waals surface area contributed by atoms with Gasteiger partial charge in [-0.1, -0.05) is 18.2 Å². The van der Waals surface area contributed by atoms with E-state index in [0.717, 1.165) is 6.26 Å². The largest absolute Gasteiger partial charge is 0.455 e. The predicted octanol–water partition coefficient (Wildman–Crippen LogP) is 1.89. The van der Waals surface area contributed by atoms with E-state index in [-0.39, 0.29) is 22.9 Å². The molecule has 0 aliphatic carbocycles. The number of para-hydroxylation sites is 1. The molecular formula is C14H16N2O5S2. The maximum Gasteiger partial charge on any atom is 0.229 e. The van der Waals surface area contributed by atoms with Gasteiger partial charge in [-0.3, -0.25) is 4.72 Å². The summed E-state index contributed by atoms with van der Waals surface area (Å²) in [5.74, 6) is 0.565. The van der Waals surface area contributed by atoms with Gasteiger partial charge in [-0.05, 0) is 23.8 Å². The zero-order valence-corrected chi connectivity index (χ0v) is 13.9. The van der Waals surface area contributed by atoms with Crippen molar-refractivity contribution in [1.82, 2.24) is 0 Å². The van der Waals surface area contributed by atoms with Gasteiger partial charge in [0.2, 0.25) is 10.0 Å². The van der Waals surface area contributed by atoms with Gasteiger partial charge in [-0.15, -0.1) is 0 Å². The predicted molar refractivity (Wildman–Crippen MR) is 88.4 cm³/mol. The molecule has 0 aliphatic rings. The number of nitrogens with two attached hydrogens (primary N) is 1. The molecule has 2 rings (SSSR count). The molecule has 1 unspecified atom stereocenters. The number of nitrogens with one attached hydrogen (secondary N) is 1. The number of hydrogen-bond donors (Lipinski definition) is 3. The number of anilines is 1. The van der Waals surface area contributed by atoms with Crippen molar-refractivity contribution in [3.05, 3.63) is 48.0 Å². The van der Waals surface area contributed by atoms with Gasteiger partial charge in [0.05, 0.1) is 16.8 Å². The highest BCUT2D eigenvalue weighted by molar-refractivity contribution is 7.92. The number of benzene rings is 2. The Labute approximate surface area is 136 Å². The molecule has 0 aliphatic heterocycles. The van der Waals surface area contributed by atoms with E-state index in [4.69, 9.17) is 10.5 Å². The Hall–Kier alpha value is -1.94. The van der Waals surface area contributed by atoms with Gasteiger partial charge in [0.25, 0.3) is 0 Å². The normalized spacial score (nSPS) is 12.7. The number of rotatable bonds is 6. The highest BCUT2D eigenvalue weighted by atomic mass is 32.2. The topological polar surface area (TPSA) is 119 Å². The molecule has 1 atom stereocenters. The van der Waals surface area contributed by atoms with Crippen LogP contribution in [0.1, 0.15) is 5.56 Å². The van der Waals surface area contributed by atoms with E-state index in [9.17, 15) is 17.2 Å². The van der Waals surface area contributed by atoms with E-state index in [1.807, 2.05) is 0 Å². The minimum Gasteiger partial charge on any atom is -0.455 e. The maximum atomic E-state index is 11.5. The lowest BCUT2D eigenvalue weighted by Crippen LogP contribution is -2.12. The second-order valence-corrected chi connectivity index (χ2v) is 7.39. The van der Waals surface area contributed by atoms with Crippen LogP contribution in [0, 0.1) is 0 Å². The third-order valence-electron chi connectivity index (χ3n) is 2.84. The van der Waals surface area contributed by atoms with Gasteiger partial charge in [0.15, 0.2) is 16.8 Å². The summed E-state index contributed by atoms with van der Waals surface area (Å²) in [6.07, 6.45) is 1.000. The van der Waals surface area contributed by atoms with E-state index < -0.39 is 21.1 Å². The van der Waals surface area contributed by atoms with Crippen molar-refractivity contribution in [2.75, 3.05) is 11.0 Å². The lowest BCUT2D eigenvalue weighted by molar-refractivity contribution is 0.482. The molecule has 0 fully saturated rings. The fourth-order valence-corrected chi connectivity index (χ4v) is 3.04. The summed E-state index contributed by atoms with van der Waals surface area (Å²) in [4.78, 5) is 0.0671. The van der Waals surface area contributed by atoms with Gasteiger partial charge in [0, 0.05) is 12.6 Å². The summed E-state index contributed by atoms with van der Waals surface area (Å²) in [7, 11) is -3.56. The van der Waals surface area contributed by atoms with Crippen LogP contribution in [-0.4, -0.2) is 23.4 Å². The van der Waals surface area contributed by atoms with Crippen LogP contribution in [0.25, 0.3) is 0 Å². The van der Waals surface area contributed by atoms with Gasteiger partial charge in [0.1, 0.15) is 5.75 Å². The number of sulfonamides is 1. The fourth-order valence-electron chi connectivity index (χ4n) is 1.91. The molecule has 0 amide bonds. The van der Waals surface area contributed by atoms with Crippen molar-refractivity contribution in [2.24, 2.45) is 5.73 Å². The summed E-state index contributed by atoms with van der Waals surface area (Å²) in [6, 6.07) is 11.3. The number of hydrogen-bond acceptors (Lipinski definition) is 5. The van der Waals surface area contributed by atoms with E-state index in [0.29, 0.717) is 11.3 Å². The molecule has 0 heterocycles. The van der Waals surface area contributed by atoms with Crippen LogP contribution in [0.2, 0.25) is 0 Å². The van der Waals surface area contributed by atoms with Crippen LogP contribution in [-0.2, 0) is 27.6 Å². The lowest BCUT2D eigenvalue weighted by atomic mass is 10.2. The van der Waals surface area contributed by atoms with Gasteiger partial charge < -0.3 is 15.0 Å². The molecule has 23 heavy (non-hydrogen) atoms. The minimum atomic E-state index is -3.56. The molecule has 9 heteroatoms. The first-order chi connectivity index (χ1) is 10.8. The van der Waals surface area contributed by atoms with Crippen LogP contribution in [0.5, 0.6) is 11.5 Å². The quantitative estimate of drug-likeness (QED) is 0.680. The average Bonchev–Trinajstić information content (AvgIpc) is 2.48. The summed E-state index contributed by atoms with van der Waals surface area (Å²) in [5, 5.41) is 0. The molecular weight excluding hydrogens is 340 g/mol. The maximum absolute atomic E-state index is 11.5. The first kappa shape index (κ1) is 17.4. The van der Waals surface area contributed by atoms with Gasteiger partial charge >= 0.3 is 0 Å². The van der Waals surface area contributed by atoms with Crippen molar-refractivity contribution in [2.45, 2.75) is 11.4 Å². The second-order valence-electron chi connectivity index (χ2n) is 4.70. The molecule has 0 saturated carbocycles. The summed E-state index contributed by atoms with van der Waals surface area (Å²) >= 11 is -2.28. The van der Waals surface area contributed by atoms with Crippen molar-refractivity contribution in [3.63, 3.8) is 0 Å². The van der Waals surface area contributed by atoms with E-state index in [1.54, 1.807) is 30.3 Å². The van der Waals surface area contributed by atoms with E-state index >= 15 is 0 Å². The summed E-state index contributed by atoms with van der Waals surface area (Å²) in [5.41, 5.74) is 6.05. The van der Waals surface area contributed by atoms with E-state index in [1.165, 1.54) is 12.1 Å². The molecule has 124 valence electrons. The molecule has 4 N–H and O–H groups in total. The van der Waals surface area contributed by atoms with Gasteiger partial charge in [-0.25, -0.2) is 12.6 Å². The molecule has 0 bridgehead atoms. The Morgan fingerprint density at radius 2 is 1.91 bits per heavy atom. The SMILES string of the molecule is CS(=O)(=O)Nc1cc(CN)c(S(=O)O)cc1Oc1ccccc1. The lowest BCUT2D eigenvalue weighted by Gasteiger charge is -2.15. The molecule has 7 nitrogen and oxygen atoms in total. The smallest absolute Gasteiger partial charge is 0.229 e. The Morgan fingerprint density at radius 3 is 2.43 bits per heavy atom. The molecule has 0 saturated heterocycles. The zero-order chi connectivity index (χ0) is 17.0. The van der Waals surface area contributed by atoms with Crippen LogP contribution >= 0.6 is 0 Å². The van der Waals surface area contributed by atoms with Crippen molar-refractivity contribution in [1.29, 1.82) is 0 Å². The zero-order valence-electron chi connectivity index (χ0n) is 12.2. The third kappa shape index (κ3) is 4.76. The highest BCUT2D eigenvalue weighted by Gasteiger charge is 2.17. The Bertz CT molecular complexity index is 823. The fraction of sp³-hybridized carbons (Fsp3) is 0.143. The van der Waals surface area contributed by atoms with Crippen molar-refractivity contribution < 1.29 is 21.9 Å². The monoisotopic (exact) mass is 356 g/mol. The molecule has 0 aromatic heterocycles. The van der Waals surface area contributed by atoms with Crippen molar-refractivity contribution in [3.8, 4) is 11.5 Å². The minimum absolute atomic E-state index is 0.0221. The van der Waals surface area contributed by atoms with Crippen LogP contribution in [0.15, 0.2) is 47.4 Å². The highest BCUT2D eigenvalue weighted by Crippen LogP contribution is 2.34. The Balaban J connectivity index is 2.55. The second kappa shape index (κ2) is 7.09. The van der Waals surface area contributed by atoms with Crippen LogP contribution in [0.3, 0.4) is 0 Å². The molecule has 0 spiro atoms. The van der Waals surface area contributed by atoms with Gasteiger partial charge in [-0.2, -0.15) is 0 Å². The standard InChI is InChI=1S/C14H16N2O5S2/c1-23(19,20)16-12-7-10(9-15)14(22(17)18)8-13(12)21-11-5-3-2-4-6-11/h2-8,16H,9,15H2,1H3,(H,17,18). The third-order valence-corrected chi connectivity index (χ3v) is 4.18. The first-order valence-electron chi connectivity index (χ1n) is 6.48. The molecule has 2 aromatic carbocycles. The van der Waals surface area contributed by atoms with Crippen LogP contribution < -0.4 is 15.2 Å².